The number of rotatable bonds is 5. The third kappa shape index (κ3) is 5.07. The normalized spacial score (nSPS) is 10.5. The van der Waals surface area contributed by atoms with E-state index in [4.69, 9.17) is 0 Å². The second kappa shape index (κ2) is 9.27. The molecule has 0 spiro atoms. The van der Waals surface area contributed by atoms with Crippen molar-refractivity contribution in [2.75, 3.05) is 0 Å². The predicted molar refractivity (Wildman–Crippen MR) is 113 cm³/mol. The molecule has 4 rings (SSSR count). The summed E-state index contributed by atoms with van der Waals surface area (Å²) in [6.07, 6.45) is 0.827. The van der Waals surface area contributed by atoms with Gasteiger partial charge >= 0.3 is 0 Å². The fourth-order valence-corrected chi connectivity index (χ4v) is 3.20. The van der Waals surface area contributed by atoms with Gasteiger partial charge in [-0.15, -0.1) is 0 Å². The number of aromatic nitrogens is 1. The maximum atomic E-state index is 13.4. The molecule has 4 nitrogen and oxygen atoms in total. The zero-order valence-electron chi connectivity index (χ0n) is 16.1. The van der Waals surface area contributed by atoms with Crippen molar-refractivity contribution in [3.8, 4) is 5.75 Å². The molecule has 0 aliphatic rings. The van der Waals surface area contributed by atoms with Gasteiger partial charge in [-0.25, -0.2) is 4.39 Å². The molecule has 1 heterocycles. The molecule has 6 heteroatoms. The number of phenolic OH excluding ortho intramolecular Hbond substituents is 1. The van der Waals surface area contributed by atoms with Crippen LogP contribution < -0.4 is 5.32 Å². The number of benzene rings is 3. The Morgan fingerprint density at radius 2 is 1.76 bits per heavy atom. The molecule has 0 aliphatic carbocycles. The molecule has 1 radical (unpaired) electrons. The Balaban J connectivity index is 0.00000240. The Morgan fingerprint density at radius 1 is 0.966 bits per heavy atom. The summed E-state index contributed by atoms with van der Waals surface area (Å²) >= 11 is 0. The summed E-state index contributed by atoms with van der Waals surface area (Å²) in [5.41, 5.74) is 4.53. The van der Waals surface area contributed by atoms with Gasteiger partial charge in [-0.05, 0) is 52.9 Å². The van der Waals surface area contributed by atoms with Gasteiger partial charge in [0.2, 0.25) is 0 Å². The number of amides is 1. The summed E-state index contributed by atoms with van der Waals surface area (Å²) in [5, 5.41) is 13.1. The number of hydrogen-bond acceptors (Lipinski definition) is 2. The number of hydrogen-bond donors (Lipinski definition) is 3. The topological polar surface area (TPSA) is 65.1 Å². The average Bonchev–Trinajstić information content (AvgIpc) is 3.10. The maximum Gasteiger partial charge on any atom is 0.251 e. The van der Waals surface area contributed by atoms with Gasteiger partial charge in [0.05, 0.1) is 0 Å². The monoisotopic (exact) mass is 397 g/mol. The molecule has 0 saturated heterocycles. The fraction of sp³-hybridized carbons (Fsp3) is 0.0870. The number of aromatic hydroxyl groups is 1. The van der Waals surface area contributed by atoms with Gasteiger partial charge in [-0.1, -0.05) is 36.4 Å². The van der Waals surface area contributed by atoms with Crippen LogP contribution in [0.5, 0.6) is 5.75 Å². The molecular formula is C23H19FN2NaO2. The van der Waals surface area contributed by atoms with Crippen molar-refractivity contribution in [3.05, 3.63) is 101 Å². The molecule has 3 N–H and O–H groups in total. The largest absolute Gasteiger partial charge is 0.505 e. The van der Waals surface area contributed by atoms with E-state index in [1.807, 2.05) is 36.4 Å². The fourth-order valence-electron chi connectivity index (χ4n) is 3.20. The summed E-state index contributed by atoms with van der Waals surface area (Å²) in [6.45, 7) is 0.330. The summed E-state index contributed by atoms with van der Waals surface area (Å²) < 4.78 is 13.4. The van der Waals surface area contributed by atoms with E-state index in [-0.39, 0.29) is 35.1 Å². The van der Waals surface area contributed by atoms with Crippen molar-refractivity contribution < 1.29 is 14.3 Å². The summed E-state index contributed by atoms with van der Waals surface area (Å²) in [4.78, 5) is 15.6. The molecule has 1 amide bonds. The van der Waals surface area contributed by atoms with E-state index in [1.54, 1.807) is 0 Å². The smallest absolute Gasteiger partial charge is 0.251 e. The van der Waals surface area contributed by atoms with E-state index in [2.05, 4.69) is 28.5 Å². The first kappa shape index (κ1) is 21.1. The van der Waals surface area contributed by atoms with E-state index < -0.39 is 17.5 Å². The predicted octanol–water partition coefficient (Wildman–Crippen LogP) is 4.15. The van der Waals surface area contributed by atoms with Gasteiger partial charge in [-0.2, -0.15) is 0 Å². The quantitative estimate of drug-likeness (QED) is 0.443. The molecule has 0 unspecified atom stereocenters. The average molecular weight is 397 g/mol. The summed E-state index contributed by atoms with van der Waals surface area (Å²) in [5.74, 6) is -1.68. The van der Waals surface area contributed by atoms with Crippen LogP contribution >= 0.6 is 0 Å². The van der Waals surface area contributed by atoms with Crippen LogP contribution in [0, 0.1) is 5.82 Å². The van der Waals surface area contributed by atoms with E-state index >= 15 is 0 Å². The van der Waals surface area contributed by atoms with E-state index in [1.165, 1.54) is 17.7 Å². The number of carbonyl (C=O) groups excluding carboxylic acids is 1. The van der Waals surface area contributed by atoms with Crippen molar-refractivity contribution in [2.45, 2.75) is 13.0 Å². The summed E-state index contributed by atoms with van der Waals surface area (Å²) in [7, 11) is 0. The number of carbonyl (C=O) groups is 1. The first-order valence-electron chi connectivity index (χ1n) is 9.00. The van der Waals surface area contributed by atoms with Crippen molar-refractivity contribution in [2.24, 2.45) is 0 Å². The van der Waals surface area contributed by atoms with Crippen LogP contribution in [0.1, 0.15) is 27.2 Å². The van der Waals surface area contributed by atoms with Crippen LogP contribution in [-0.4, -0.2) is 45.6 Å². The summed E-state index contributed by atoms with van der Waals surface area (Å²) in [6, 6.07) is 21.9. The first-order valence-corrected chi connectivity index (χ1v) is 9.00. The van der Waals surface area contributed by atoms with Crippen LogP contribution in [0.15, 0.2) is 72.8 Å². The SMILES string of the molecule is O=C(NCc1ccc2[nH]c(Cc3ccccc3)cc2c1)c1ccc(O)c(F)c1.[Na]. The minimum atomic E-state index is -0.813. The van der Waals surface area contributed by atoms with Gasteiger partial charge in [0.25, 0.3) is 5.91 Å². The van der Waals surface area contributed by atoms with Crippen LogP contribution in [0.4, 0.5) is 4.39 Å². The molecule has 0 saturated carbocycles. The molecule has 4 aromatic rings. The Bertz CT molecular complexity index is 1140. The zero-order valence-corrected chi connectivity index (χ0v) is 18.1. The Morgan fingerprint density at radius 3 is 2.52 bits per heavy atom. The number of nitrogens with one attached hydrogen (secondary N) is 2. The Labute approximate surface area is 190 Å². The van der Waals surface area contributed by atoms with Gasteiger partial charge in [0.15, 0.2) is 11.6 Å². The van der Waals surface area contributed by atoms with E-state index in [9.17, 15) is 14.3 Å². The van der Waals surface area contributed by atoms with Gasteiger partial charge in [0.1, 0.15) is 0 Å². The Hall–Kier alpha value is -2.60. The number of halogens is 1. The van der Waals surface area contributed by atoms with Crippen molar-refractivity contribution in [3.63, 3.8) is 0 Å². The molecular weight excluding hydrogens is 378 g/mol. The van der Waals surface area contributed by atoms with E-state index in [0.717, 1.165) is 34.6 Å². The third-order valence-corrected chi connectivity index (χ3v) is 4.64. The standard InChI is InChI=1S/C23H19FN2O2.Na/c24-20-13-17(7-9-22(20)27)23(28)25-14-16-6-8-21-18(10-16)12-19(26-21)11-15-4-2-1-3-5-15;/h1-10,12-13,26-27H,11,14H2,(H,25,28);. The number of fused-ring (bicyclic) bond motifs is 1. The van der Waals surface area contributed by atoms with Crippen molar-refractivity contribution in [1.82, 2.24) is 10.3 Å². The van der Waals surface area contributed by atoms with Crippen molar-refractivity contribution >= 4 is 46.4 Å². The Kier molecular flexibility index (Phi) is 6.75. The second-order valence-electron chi connectivity index (χ2n) is 6.73. The van der Waals surface area contributed by atoms with Crippen LogP contribution in [0.2, 0.25) is 0 Å². The molecule has 0 bridgehead atoms. The second-order valence-corrected chi connectivity index (χ2v) is 6.73. The number of phenols is 1. The van der Waals surface area contributed by atoms with Crippen molar-refractivity contribution in [1.29, 1.82) is 0 Å². The van der Waals surface area contributed by atoms with Crippen LogP contribution in [-0.2, 0) is 13.0 Å². The molecule has 0 fully saturated rings. The molecule has 3 aromatic carbocycles. The minimum absolute atomic E-state index is 0. The van der Waals surface area contributed by atoms with Crippen LogP contribution in [0.3, 0.4) is 0 Å². The number of aromatic amines is 1. The first-order chi connectivity index (χ1) is 13.6. The minimum Gasteiger partial charge on any atom is -0.505 e. The zero-order chi connectivity index (χ0) is 19.5. The maximum absolute atomic E-state index is 13.4. The molecule has 0 atom stereocenters. The number of H-pyrrole nitrogens is 1. The van der Waals surface area contributed by atoms with Gasteiger partial charge in [0, 0.05) is 59.3 Å². The molecule has 29 heavy (non-hydrogen) atoms. The van der Waals surface area contributed by atoms with Crippen LogP contribution in [0.25, 0.3) is 10.9 Å². The van der Waals surface area contributed by atoms with Gasteiger partial charge < -0.3 is 15.4 Å². The molecule has 1 aromatic heterocycles. The third-order valence-electron chi connectivity index (χ3n) is 4.64. The van der Waals surface area contributed by atoms with E-state index in [0.29, 0.717) is 6.54 Å². The molecule has 0 aliphatic heterocycles. The van der Waals surface area contributed by atoms with Gasteiger partial charge in [-0.3, -0.25) is 4.79 Å². The molecule has 141 valence electrons.